The van der Waals surface area contributed by atoms with Crippen molar-refractivity contribution in [3.63, 3.8) is 0 Å². The Hall–Kier alpha value is -4.98. The number of nitrogens with zero attached hydrogens (tertiary/aromatic N) is 6. The number of hydrogen-bond donors (Lipinski definition) is 2. The minimum Gasteiger partial charge on any atom is -0.354 e. The zero-order valence-corrected chi connectivity index (χ0v) is 19.5. The summed E-state index contributed by atoms with van der Waals surface area (Å²) in [6.07, 6.45) is 28.8. The first-order valence-electron chi connectivity index (χ1n) is 11.8. The van der Waals surface area contributed by atoms with Crippen LogP contribution >= 0.6 is 0 Å². The smallest absolute Gasteiger partial charge is 0.0979 e. The normalized spacial score (nSPS) is 19.8. The molecule has 5 aliphatic rings. The molecule has 0 amide bonds. The number of hydrogen-bond acceptors (Lipinski definition) is 6. The van der Waals surface area contributed by atoms with Crippen molar-refractivity contribution in [1.82, 2.24) is 29.6 Å². The second kappa shape index (κ2) is 8.35. The molecule has 7 rings (SSSR count). The molecule has 0 saturated heterocycles. The van der Waals surface area contributed by atoms with Crippen molar-refractivity contribution in [1.29, 1.82) is 0 Å². The molecule has 12 bridgehead atoms. The van der Waals surface area contributed by atoms with Crippen molar-refractivity contribution < 1.29 is 0 Å². The molecule has 0 saturated carbocycles. The number of rotatable bonds is 0. The topological polar surface area (TPSA) is 69.3 Å². The van der Waals surface area contributed by atoms with Crippen LogP contribution in [-0.4, -0.2) is 54.3 Å². The summed E-state index contributed by atoms with van der Waals surface area (Å²) in [5, 5.41) is 4.12. The van der Waals surface area contributed by atoms with Crippen LogP contribution in [0.25, 0.3) is 24.6 Å². The maximum atomic E-state index is 4.75. The molecular formula is C28H24N8. The molecule has 7 heterocycles. The van der Waals surface area contributed by atoms with Gasteiger partial charge in [-0.1, -0.05) is 0 Å². The predicted octanol–water partition coefficient (Wildman–Crippen LogP) is 0.891. The first-order valence-corrected chi connectivity index (χ1v) is 11.8. The van der Waals surface area contributed by atoms with Crippen molar-refractivity contribution >= 4 is 36.0 Å². The van der Waals surface area contributed by atoms with E-state index < -0.39 is 0 Å². The molecule has 8 heteroatoms. The summed E-state index contributed by atoms with van der Waals surface area (Å²) < 4.78 is 0. The van der Waals surface area contributed by atoms with Crippen molar-refractivity contribution in [3.05, 3.63) is 119 Å². The molecule has 0 radical (unpaired) electrons. The first kappa shape index (κ1) is 20.4. The molecule has 0 unspecified atom stereocenters. The number of H-pyrrole nitrogens is 2. The minimum atomic E-state index is 0.713. The van der Waals surface area contributed by atoms with Crippen LogP contribution in [0.5, 0.6) is 0 Å². The van der Waals surface area contributed by atoms with Gasteiger partial charge in [-0.2, -0.15) is 0 Å². The quantitative estimate of drug-likeness (QED) is 0.598. The number of fused-ring (bicyclic) bond motifs is 10. The average molecular weight is 473 g/mol. The Kier molecular flexibility index (Phi) is 4.73. The van der Waals surface area contributed by atoms with Gasteiger partial charge in [-0.25, -0.2) is 9.98 Å². The van der Waals surface area contributed by atoms with Crippen LogP contribution in [-0.2, 0) is 0 Å². The SMILES string of the molecule is C1=CC2=NC1=CN1C=CN(C=C3C=CC(=N3)C=c3ccc([nH]3)=CN3C=CN(C=c4ccc([nH]4)=C2)C3)C1. The number of aliphatic imine (C=N–C) groups is 2. The van der Waals surface area contributed by atoms with E-state index in [1.165, 1.54) is 0 Å². The molecule has 0 aromatic carbocycles. The molecule has 0 atom stereocenters. The second-order valence-corrected chi connectivity index (χ2v) is 9.07. The maximum Gasteiger partial charge on any atom is 0.0979 e. The molecule has 2 aromatic heterocycles. The lowest BCUT2D eigenvalue weighted by molar-refractivity contribution is 0.389. The van der Waals surface area contributed by atoms with E-state index in [1.807, 2.05) is 36.7 Å². The summed E-state index contributed by atoms with van der Waals surface area (Å²) in [6, 6.07) is 8.32. The van der Waals surface area contributed by atoms with E-state index >= 15 is 0 Å². The highest BCUT2D eigenvalue weighted by molar-refractivity contribution is 6.19. The van der Waals surface area contributed by atoms with E-state index in [2.05, 4.69) is 103 Å². The zero-order valence-electron chi connectivity index (χ0n) is 19.5. The molecule has 2 aromatic rings. The Morgan fingerprint density at radius 1 is 0.500 bits per heavy atom. The van der Waals surface area contributed by atoms with E-state index in [9.17, 15) is 0 Å². The zero-order chi connectivity index (χ0) is 23.9. The van der Waals surface area contributed by atoms with Crippen LogP contribution in [0.15, 0.2) is 107 Å². The molecule has 36 heavy (non-hydrogen) atoms. The fourth-order valence-electron chi connectivity index (χ4n) is 4.53. The highest BCUT2D eigenvalue weighted by Crippen LogP contribution is 2.17. The lowest BCUT2D eigenvalue weighted by Gasteiger charge is -2.15. The fourth-order valence-corrected chi connectivity index (χ4v) is 4.53. The van der Waals surface area contributed by atoms with Gasteiger partial charge in [0.05, 0.1) is 46.9 Å². The van der Waals surface area contributed by atoms with Crippen LogP contribution in [0.3, 0.4) is 0 Å². The van der Waals surface area contributed by atoms with Crippen LogP contribution < -0.4 is 21.4 Å². The molecular weight excluding hydrogens is 448 g/mol. The predicted molar refractivity (Wildman–Crippen MR) is 143 cm³/mol. The van der Waals surface area contributed by atoms with Gasteiger partial charge in [0.25, 0.3) is 0 Å². The largest absolute Gasteiger partial charge is 0.354 e. The maximum absolute atomic E-state index is 4.75. The Morgan fingerprint density at radius 2 is 0.917 bits per heavy atom. The lowest BCUT2D eigenvalue weighted by atomic mass is 10.3. The number of aromatic amines is 2. The molecule has 8 nitrogen and oxygen atoms in total. The summed E-state index contributed by atoms with van der Waals surface area (Å²) in [4.78, 5) is 24.9. The second-order valence-electron chi connectivity index (χ2n) is 9.07. The van der Waals surface area contributed by atoms with Crippen LogP contribution in [0, 0.1) is 0 Å². The Morgan fingerprint density at radius 3 is 1.39 bits per heavy atom. The molecule has 0 fully saturated rings. The fraction of sp³-hybridized carbons (Fsp3) is 0.0714. The number of nitrogens with one attached hydrogen (secondary N) is 2. The van der Waals surface area contributed by atoms with Crippen molar-refractivity contribution in [2.75, 3.05) is 13.3 Å². The van der Waals surface area contributed by atoms with Crippen molar-refractivity contribution in [3.8, 4) is 0 Å². The van der Waals surface area contributed by atoms with Gasteiger partial charge in [-0.3, -0.25) is 0 Å². The molecule has 176 valence electrons. The third-order valence-electron chi connectivity index (χ3n) is 6.19. The molecule has 0 aliphatic carbocycles. The first-order chi connectivity index (χ1) is 17.7. The Labute approximate surface area is 207 Å². The van der Waals surface area contributed by atoms with Gasteiger partial charge in [0.15, 0.2) is 0 Å². The Bertz CT molecular complexity index is 1590. The van der Waals surface area contributed by atoms with E-state index in [4.69, 9.17) is 9.98 Å². The highest BCUT2D eigenvalue weighted by Gasteiger charge is 2.12. The standard InChI is InChI=1S/C28H24N8/c1-5-25-15-33-9-10-34(19-33)17-27-7-3-23(31-27)14-24-4-8-28(32-24)18-36-12-11-35(20-36)16-26-6-2-22(30-26)13-21(1)29-25/h1-18,29,31H,19-20H2. The average Bonchev–Trinajstić information content (AvgIpc) is 3.68. The monoisotopic (exact) mass is 472 g/mol. The van der Waals surface area contributed by atoms with Gasteiger partial charge in [0.2, 0.25) is 0 Å². The van der Waals surface area contributed by atoms with Gasteiger partial charge in [0.1, 0.15) is 0 Å². The molecule has 5 aliphatic heterocycles. The number of allylic oxidation sites excluding steroid dienone is 4. The summed E-state index contributed by atoms with van der Waals surface area (Å²) >= 11 is 0. The van der Waals surface area contributed by atoms with Gasteiger partial charge in [0, 0.05) is 60.3 Å². The molecule has 2 N–H and O–H groups in total. The van der Waals surface area contributed by atoms with Crippen LogP contribution in [0.4, 0.5) is 0 Å². The van der Waals surface area contributed by atoms with E-state index in [1.54, 1.807) is 0 Å². The summed E-state index contributed by atoms with van der Waals surface area (Å²) in [6.45, 7) is 1.45. The summed E-state index contributed by atoms with van der Waals surface area (Å²) in [7, 11) is 0. The van der Waals surface area contributed by atoms with E-state index in [0.717, 1.165) is 50.9 Å². The van der Waals surface area contributed by atoms with Gasteiger partial charge >= 0.3 is 0 Å². The minimum absolute atomic E-state index is 0.713. The van der Waals surface area contributed by atoms with Gasteiger partial charge < -0.3 is 29.6 Å². The number of aromatic nitrogens is 2. The third kappa shape index (κ3) is 4.27. The van der Waals surface area contributed by atoms with E-state index in [-0.39, 0.29) is 0 Å². The van der Waals surface area contributed by atoms with E-state index in [0.29, 0.717) is 6.67 Å². The van der Waals surface area contributed by atoms with Crippen LogP contribution in [0.1, 0.15) is 0 Å². The van der Waals surface area contributed by atoms with Crippen LogP contribution in [0.2, 0.25) is 0 Å². The Balaban J connectivity index is 1.25. The third-order valence-corrected chi connectivity index (χ3v) is 6.19. The van der Waals surface area contributed by atoms with Gasteiger partial charge in [-0.15, -0.1) is 0 Å². The summed E-state index contributed by atoms with van der Waals surface area (Å²) in [5.41, 5.74) is 3.70. The molecule has 0 spiro atoms. The van der Waals surface area contributed by atoms with Gasteiger partial charge in [-0.05, 0) is 60.7 Å². The highest BCUT2D eigenvalue weighted by atomic mass is 15.3. The van der Waals surface area contributed by atoms with Crippen molar-refractivity contribution in [2.45, 2.75) is 0 Å². The van der Waals surface area contributed by atoms with Crippen molar-refractivity contribution in [2.24, 2.45) is 9.98 Å². The lowest BCUT2D eigenvalue weighted by Crippen LogP contribution is -2.23. The summed E-state index contributed by atoms with van der Waals surface area (Å²) in [5.74, 6) is 0.